The molecule has 0 bridgehead atoms. The molecule has 0 spiro atoms. The van der Waals surface area contributed by atoms with E-state index in [4.69, 9.17) is 0 Å². The Hall–Kier alpha value is -4.06. The molecular weight excluding hydrogens is 511 g/mol. The zero-order chi connectivity index (χ0) is 25.9. The molecule has 3 aromatic heterocycles. The summed E-state index contributed by atoms with van der Waals surface area (Å²) in [5.41, 5.74) is 4.66. The number of aromatic nitrogens is 4. The van der Waals surface area contributed by atoms with Gasteiger partial charge in [-0.05, 0) is 61.0 Å². The van der Waals surface area contributed by atoms with E-state index in [-0.39, 0.29) is 5.69 Å². The lowest BCUT2D eigenvalue weighted by Gasteiger charge is -2.10. The van der Waals surface area contributed by atoms with Crippen LogP contribution in [0.1, 0.15) is 16.1 Å². The largest absolute Gasteiger partial charge is 0.610 e. The minimum Gasteiger partial charge on any atom is -0.610 e. The van der Waals surface area contributed by atoms with E-state index in [9.17, 15) is 13.7 Å². The molecule has 0 saturated heterocycles. The summed E-state index contributed by atoms with van der Waals surface area (Å²) in [6, 6.07) is 16.4. The predicted molar refractivity (Wildman–Crippen MR) is 144 cm³/mol. The quantitative estimate of drug-likeness (QED) is 0.265. The molecule has 0 saturated carbocycles. The van der Waals surface area contributed by atoms with Crippen molar-refractivity contribution >= 4 is 44.9 Å². The normalized spacial score (nSPS) is 11.8. The lowest BCUT2D eigenvalue weighted by molar-refractivity contribution is 0.102. The first-order chi connectivity index (χ1) is 17.9. The summed E-state index contributed by atoms with van der Waals surface area (Å²) in [6.45, 7) is 1.96. The molecule has 5 aromatic rings. The van der Waals surface area contributed by atoms with Gasteiger partial charge in [0.2, 0.25) is 5.03 Å². The van der Waals surface area contributed by atoms with Gasteiger partial charge in [0, 0.05) is 52.0 Å². The fourth-order valence-electron chi connectivity index (χ4n) is 3.57. The maximum atomic E-state index is 13.4. The minimum atomic E-state index is -1.42. The zero-order valence-corrected chi connectivity index (χ0v) is 21.4. The molecule has 11 heteroatoms. The number of anilines is 3. The van der Waals surface area contributed by atoms with Gasteiger partial charge in [-0.2, -0.15) is 9.78 Å². The SMILES string of the molecule is Cc1ccc(NC(=O)c2cc([S+](C)[O-])n(-c3ccc(F)cc3)n2)cc1Nc1nc(-c2cccnc2)cs1. The number of aryl methyl sites for hydroxylation is 1. The van der Waals surface area contributed by atoms with E-state index >= 15 is 0 Å². The number of rotatable bonds is 7. The maximum absolute atomic E-state index is 13.4. The Labute approximate surface area is 219 Å². The molecule has 8 nitrogen and oxygen atoms in total. The van der Waals surface area contributed by atoms with E-state index in [1.54, 1.807) is 18.5 Å². The van der Waals surface area contributed by atoms with E-state index in [0.29, 0.717) is 21.5 Å². The van der Waals surface area contributed by atoms with Gasteiger partial charge in [-0.1, -0.05) is 6.07 Å². The second kappa shape index (κ2) is 10.5. The van der Waals surface area contributed by atoms with Crippen molar-refractivity contribution in [1.82, 2.24) is 19.7 Å². The van der Waals surface area contributed by atoms with Crippen molar-refractivity contribution in [2.75, 3.05) is 16.9 Å². The molecule has 0 aliphatic rings. The summed E-state index contributed by atoms with van der Waals surface area (Å²) in [7, 11) is 0. The molecule has 0 radical (unpaired) electrons. The Morgan fingerprint density at radius 3 is 2.68 bits per heavy atom. The second-order valence-electron chi connectivity index (χ2n) is 8.10. The number of hydrogen-bond acceptors (Lipinski definition) is 7. The molecular formula is C26H21FN6O2S2. The van der Waals surface area contributed by atoms with Crippen LogP contribution >= 0.6 is 11.3 Å². The summed E-state index contributed by atoms with van der Waals surface area (Å²) in [5, 5.41) is 13.5. The zero-order valence-electron chi connectivity index (χ0n) is 19.8. The average Bonchev–Trinajstić information content (AvgIpc) is 3.55. The Balaban J connectivity index is 1.35. The smallest absolute Gasteiger partial charge is 0.276 e. The predicted octanol–water partition coefficient (Wildman–Crippen LogP) is 5.57. The number of nitrogens with one attached hydrogen (secondary N) is 2. The van der Waals surface area contributed by atoms with Crippen LogP contribution in [0.5, 0.6) is 0 Å². The number of carbonyl (C=O) groups excluding carboxylic acids is 1. The standard InChI is InChI=1S/C26H21FN6O2S2/c1-16-5-8-19(12-21(16)30-26-31-23(15-36-26)17-4-3-11-28-14-17)29-25(34)22-13-24(37(2)35)33(32-22)20-9-6-18(27)7-10-20/h3-15H,1-2H3,(H,29,34)(H,30,31). The molecule has 1 unspecified atom stereocenters. The third-order valence-corrected chi connectivity index (χ3v) is 7.11. The third-order valence-electron chi connectivity index (χ3n) is 5.47. The number of thiazole rings is 1. The van der Waals surface area contributed by atoms with Crippen LogP contribution in [-0.2, 0) is 11.2 Å². The van der Waals surface area contributed by atoms with Gasteiger partial charge in [0.15, 0.2) is 10.8 Å². The van der Waals surface area contributed by atoms with E-state index < -0.39 is 22.9 Å². The fraction of sp³-hybridized carbons (Fsp3) is 0.0769. The number of carbonyl (C=O) groups is 1. The van der Waals surface area contributed by atoms with Crippen molar-refractivity contribution in [1.29, 1.82) is 0 Å². The minimum absolute atomic E-state index is 0.0886. The molecule has 186 valence electrons. The Bertz CT molecular complexity index is 1550. The number of benzene rings is 2. The number of hydrogen-bond donors (Lipinski definition) is 2. The highest BCUT2D eigenvalue weighted by atomic mass is 32.2. The number of amides is 1. The van der Waals surface area contributed by atoms with Crippen LogP contribution in [0.25, 0.3) is 16.9 Å². The molecule has 2 N–H and O–H groups in total. The van der Waals surface area contributed by atoms with Crippen LogP contribution in [0.2, 0.25) is 0 Å². The fourth-order valence-corrected chi connectivity index (χ4v) is 4.97. The maximum Gasteiger partial charge on any atom is 0.276 e. The van der Waals surface area contributed by atoms with Crippen molar-refractivity contribution in [3.63, 3.8) is 0 Å². The van der Waals surface area contributed by atoms with Crippen LogP contribution in [0.4, 0.5) is 20.9 Å². The van der Waals surface area contributed by atoms with Crippen LogP contribution in [0, 0.1) is 12.7 Å². The highest BCUT2D eigenvalue weighted by Gasteiger charge is 2.22. The van der Waals surface area contributed by atoms with E-state index in [2.05, 4.69) is 25.7 Å². The van der Waals surface area contributed by atoms with Crippen LogP contribution in [-0.4, -0.2) is 36.5 Å². The summed E-state index contributed by atoms with van der Waals surface area (Å²) < 4.78 is 27.0. The monoisotopic (exact) mass is 532 g/mol. The lowest BCUT2D eigenvalue weighted by atomic mass is 10.2. The molecule has 0 aliphatic carbocycles. The van der Waals surface area contributed by atoms with Crippen LogP contribution in [0.15, 0.2) is 83.5 Å². The van der Waals surface area contributed by atoms with Gasteiger partial charge in [-0.25, -0.2) is 9.37 Å². The summed E-state index contributed by atoms with van der Waals surface area (Å²) in [5.74, 6) is -0.863. The highest BCUT2D eigenvalue weighted by Crippen LogP contribution is 2.29. The van der Waals surface area contributed by atoms with Gasteiger partial charge >= 0.3 is 0 Å². The molecule has 3 heterocycles. The third kappa shape index (κ3) is 5.53. The highest BCUT2D eigenvalue weighted by molar-refractivity contribution is 7.90. The molecule has 1 atom stereocenters. The number of nitrogens with zero attached hydrogens (tertiary/aromatic N) is 4. The van der Waals surface area contributed by atoms with Gasteiger partial charge in [0.1, 0.15) is 12.1 Å². The van der Waals surface area contributed by atoms with Crippen LogP contribution < -0.4 is 10.6 Å². The number of pyridine rings is 1. The molecule has 1 amide bonds. The van der Waals surface area contributed by atoms with E-state index in [1.165, 1.54) is 52.6 Å². The van der Waals surface area contributed by atoms with Crippen molar-refractivity contribution in [2.45, 2.75) is 11.9 Å². The van der Waals surface area contributed by atoms with Crippen molar-refractivity contribution < 1.29 is 13.7 Å². The van der Waals surface area contributed by atoms with Gasteiger partial charge in [-0.15, -0.1) is 11.3 Å². The average molecular weight is 533 g/mol. The topological polar surface area (TPSA) is 108 Å². The molecule has 2 aromatic carbocycles. The lowest BCUT2D eigenvalue weighted by Crippen LogP contribution is -2.13. The Morgan fingerprint density at radius 2 is 1.95 bits per heavy atom. The molecule has 5 rings (SSSR count). The second-order valence-corrected chi connectivity index (χ2v) is 10.3. The van der Waals surface area contributed by atoms with E-state index in [1.807, 2.05) is 36.6 Å². The van der Waals surface area contributed by atoms with Crippen molar-refractivity contribution in [2.24, 2.45) is 0 Å². The van der Waals surface area contributed by atoms with Gasteiger partial charge < -0.3 is 15.2 Å². The van der Waals surface area contributed by atoms with Crippen molar-refractivity contribution in [3.8, 4) is 16.9 Å². The van der Waals surface area contributed by atoms with Gasteiger partial charge in [0.25, 0.3) is 5.91 Å². The summed E-state index contributed by atoms with van der Waals surface area (Å²) in [6.07, 6.45) is 4.97. The first kappa shape index (κ1) is 24.6. The van der Waals surface area contributed by atoms with Crippen molar-refractivity contribution in [3.05, 3.63) is 95.5 Å². The summed E-state index contributed by atoms with van der Waals surface area (Å²) >= 11 is 0.0450. The number of halogens is 1. The van der Waals surface area contributed by atoms with Gasteiger partial charge in [-0.3, -0.25) is 9.78 Å². The molecule has 0 aliphatic heterocycles. The molecule has 37 heavy (non-hydrogen) atoms. The van der Waals surface area contributed by atoms with E-state index in [0.717, 1.165) is 22.5 Å². The van der Waals surface area contributed by atoms with Gasteiger partial charge in [0.05, 0.1) is 11.4 Å². The molecule has 0 fully saturated rings. The summed E-state index contributed by atoms with van der Waals surface area (Å²) in [4.78, 5) is 21.8. The first-order valence-corrected chi connectivity index (χ1v) is 13.6. The Kier molecular flexibility index (Phi) is 6.99. The Morgan fingerprint density at radius 1 is 1.14 bits per heavy atom. The van der Waals surface area contributed by atoms with Crippen LogP contribution in [0.3, 0.4) is 0 Å². The first-order valence-electron chi connectivity index (χ1n) is 11.1.